The predicted octanol–water partition coefficient (Wildman–Crippen LogP) is -0.174. The highest BCUT2D eigenvalue weighted by Crippen LogP contribution is 2.36. The molecule has 136 valence electrons. The Morgan fingerprint density at radius 3 is 2.54 bits per heavy atom. The summed E-state index contributed by atoms with van der Waals surface area (Å²) in [5, 5.41) is 29.8. The Balaban J connectivity index is 1.93. The lowest BCUT2D eigenvalue weighted by atomic mass is 10.1. The fourth-order valence-corrected chi connectivity index (χ4v) is 3.06. The molecule has 1 aliphatic heterocycles. The Bertz CT molecular complexity index is 948. The molecule has 3 aromatic rings. The number of aliphatic hydroxyl groups is 3. The van der Waals surface area contributed by atoms with Crippen LogP contribution in [0.2, 0.25) is 0 Å². The fourth-order valence-electron chi connectivity index (χ4n) is 3.06. The summed E-state index contributed by atoms with van der Waals surface area (Å²) in [7, 11) is 0. The van der Waals surface area contributed by atoms with Crippen molar-refractivity contribution >= 4 is 17.0 Å². The van der Waals surface area contributed by atoms with Gasteiger partial charge in [-0.2, -0.15) is 0 Å². The molecule has 9 nitrogen and oxygen atoms in total. The van der Waals surface area contributed by atoms with E-state index in [4.69, 9.17) is 10.5 Å². The Morgan fingerprint density at radius 2 is 1.88 bits per heavy atom. The van der Waals surface area contributed by atoms with Gasteiger partial charge in [-0.1, -0.05) is 0 Å². The molecule has 0 spiro atoms. The lowest BCUT2D eigenvalue weighted by Crippen LogP contribution is -2.33. The molecule has 4 rings (SSSR count). The van der Waals surface area contributed by atoms with Gasteiger partial charge in [0, 0.05) is 5.56 Å². The molecule has 4 atom stereocenters. The highest BCUT2D eigenvalue weighted by Gasteiger charge is 2.45. The van der Waals surface area contributed by atoms with Crippen LogP contribution in [-0.4, -0.2) is 59.8 Å². The average molecular weight is 361 g/mol. The summed E-state index contributed by atoms with van der Waals surface area (Å²) in [6.07, 6.45) is -3.41. The number of aliphatic hydroxyl groups excluding tert-OH is 3. The zero-order chi connectivity index (χ0) is 18.4. The summed E-state index contributed by atoms with van der Waals surface area (Å²) in [6.45, 7) is -0.468. The number of halogens is 1. The van der Waals surface area contributed by atoms with Crippen LogP contribution in [0.15, 0.2) is 30.6 Å². The largest absolute Gasteiger partial charge is 0.394 e. The van der Waals surface area contributed by atoms with E-state index in [-0.39, 0.29) is 17.0 Å². The van der Waals surface area contributed by atoms with Crippen molar-refractivity contribution in [1.82, 2.24) is 19.5 Å². The van der Waals surface area contributed by atoms with Crippen molar-refractivity contribution in [3.63, 3.8) is 0 Å². The zero-order valence-electron chi connectivity index (χ0n) is 13.4. The van der Waals surface area contributed by atoms with Crippen LogP contribution >= 0.6 is 0 Å². The lowest BCUT2D eigenvalue weighted by molar-refractivity contribution is -0.0503. The molecule has 5 N–H and O–H groups in total. The van der Waals surface area contributed by atoms with Crippen LogP contribution in [0.5, 0.6) is 0 Å². The molecule has 1 aromatic carbocycles. The topological polar surface area (TPSA) is 140 Å². The Morgan fingerprint density at radius 1 is 1.15 bits per heavy atom. The van der Waals surface area contributed by atoms with E-state index in [1.165, 1.54) is 35.2 Å². The van der Waals surface area contributed by atoms with E-state index in [0.717, 1.165) is 0 Å². The van der Waals surface area contributed by atoms with Gasteiger partial charge in [0.15, 0.2) is 23.2 Å². The summed E-state index contributed by atoms with van der Waals surface area (Å²) < 4.78 is 20.4. The van der Waals surface area contributed by atoms with Gasteiger partial charge in [0.05, 0.1) is 6.61 Å². The maximum atomic E-state index is 13.3. The van der Waals surface area contributed by atoms with Gasteiger partial charge < -0.3 is 25.8 Å². The minimum atomic E-state index is -1.33. The lowest BCUT2D eigenvalue weighted by Gasteiger charge is -2.19. The van der Waals surface area contributed by atoms with Gasteiger partial charge in [0.25, 0.3) is 0 Å². The van der Waals surface area contributed by atoms with Crippen LogP contribution < -0.4 is 5.73 Å². The molecule has 0 radical (unpaired) electrons. The monoisotopic (exact) mass is 361 g/mol. The number of imidazole rings is 1. The maximum Gasteiger partial charge on any atom is 0.168 e. The molecule has 2 aromatic heterocycles. The van der Waals surface area contributed by atoms with E-state index >= 15 is 0 Å². The molecular weight excluding hydrogens is 345 g/mol. The molecule has 3 heterocycles. The van der Waals surface area contributed by atoms with Crippen LogP contribution in [0.1, 0.15) is 6.23 Å². The summed E-state index contributed by atoms with van der Waals surface area (Å²) >= 11 is 0. The van der Waals surface area contributed by atoms with Gasteiger partial charge >= 0.3 is 0 Å². The number of anilines is 1. The van der Waals surface area contributed by atoms with Crippen LogP contribution in [0.3, 0.4) is 0 Å². The van der Waals surface area contributed by atoms with Crippen molar-refractivity contribution in [2.24, 2.45) is 0 Å². The summed E-state index contributed by atoms with van der Waals surface area (Å²) in [5.41, 5.74) is 6.97. The molecule has 26 heavy (non-hydrogen) atoms. The molecule has 1 saturated heterocycles. The van der Waals surface area contributed by atoms with E-state index in [1.54, 1.807) is 0 Å². The van der Waals surface area contributed by atoms with Gasteiger partial charge in [-0.15, -0.1) is 0 Å². The molecule has 0 aliphatic carbocycles. The van der Waals surface area contributed by atoms with Crippen LogP contribution in [0, 0.1) is 5.82 Å². The van der Waals surface area contributed by atoms with Crippen molar-refractivity contribution in [3.8, 4) is 11.4 Å². The summed E-state index contributed by atoms with van der Waals surface area (Å²) in [6, 6.07) is 5.56. The number of hydrogen-bond donors (Lipinski definition) is 4. The van der Waals surface area contributed by atoms with Crippen molar-refractivity contribution in [2.75, 3.05) is 12.3 Å². The maximum absolute atomic E-state index is 13.3. The second-order valence-electron chi connectivity index (χ2n) is 5.97. The van der Waals surface area contributed by atoms with Crippen LogP contribution in [-0.2, 0) is 4.74 Å². The first-order chi connectivity index (χ1) is 12.5. The number of aromatic nitrogens is 4. The van der Waals surface area contributed by atoms with Gasteiger partial charge in [-0.25, -0.2) is 19.3 Å². The Labute approximate surface area is 146 Å². The number of nitrogen functional groups attached to an aromatic ring is 1. The van der Waals surface area contributed by atoms with E-state index in [9.17, 15) is 19.7 Å². The molecule has 10 heteroatoms. The summed E-state index contributed by atoms with van der Waals surface area (Å²) in [5.74, 6) is 0.0227. The first-order valence-electron chi connectivity index (χ1n) is 7.88. The zero-order valence-corrected chi connectivity index (χ0v) is 13.4. The van der Waals surface area contributed by atoms with Gasteiger partial charge in [0.1, 0.15) is 36.3 Å². The Hall–Kier alpha value is -2.66. The van der Waals surface area contributed by atoms with E-state index in [0.29, 0.717) is 11.4 Å². The van der Waals surface area contributed by atoms with Crippen molar-refractivity contribution in [1.29, 1.82) is 0 Å². The number of nitrogens with two attached hydrogens (primary N) is 1. The highest BCUT2D eigenvalue weighted by molar-refractivity contribution is 5.85. The number of hydrogen-bond acceptors (Lipinski definition) is 8. The van der Waals surface area contributed by atoms with Gasteiger partial charge in [0.2, 0.25) is 0 Å². The molecule has 1 aliphatic rings. The molecular formula is C16H16FN5O4. The first-order valence-corrected chi connectivity index (χ1v) is 7.88. The molecule has 0 amide bonds. The normalized spacial score (nSPS) is 25.8. The SMILES string of the molecule is Nc1ncnc2c1nc(-c1ccc(F)cc1)n2C1OC(CO)C(O)C1O. The third kappa shape index (κ3) is 2.51. The molecule has 0 saturated carbocycles. The van der Waals surface area contributed by atoms with Gasteiger partial charge in [-0.3, -0.25) is 4.57 Å². The minimum Gasteiger partial charge on any atom is -0.394 e. The number of nitrogens with zero attached hydrogens (tertiary/aromatic N) is 4. The van der Waals surface area contributed by atoms with Crippen LogP contribution in [0.25, 0.3) is 22.6 Å². The Kier molecular flexibility index (Phi) is 4.04. The number of fused-ring (bicyclic) bond motifs is 1. The highest BCUT2D eigenvalue weighted by atomic mass is 19.1. The number of rotatable bonds is 3. The second kappa shape index (κ2) is 6.25. The number of ether oxygens (including phenoxy) is 1. The first kappa shape index (κ1) is 16.8. The van der Waals surface area contributed by atoms with E-state index in [1.807, 2.05) is 0 Å². The third-order valence-electron chi connectivity index (χ3n) is 4.38. The average Bonchev–Trinajstić information content (AvgIpc) is 3.15. The quantitative estimate of drug-likeness (QED) is 0.504. The summed E-state index contributed by atoms with van der Waals surface area (Å²) in [4.78, 5) is 12.5. The second-order valence-corrected chi connectivity index (χ2v) is 5.97. The van der Waals surface area contributed by atoms with Crippen molar-refractivity contribution < 1.29 is 24.4 Å². The molecule has 4 unspecified atom stereocenters. The minimum absolute atomic E-state index is 0.129. The van der Waals surface area contributed by atoms with Crippen molar-refractivity contribution in [2.45, 2.75) is 24.5 Å². The predicted molar refractivity (Wildman–Crippen MR) is 88.1 cm³/mol. The van der Waals surface area contributed by atoms with Crippen LogP contribution in [0.4, 0.5) is 10.2 Å². The molecule has 0 bridgehead atoms. The molecule has 1 fully saturated rings. The fraction of sp³-hybridized carbons (Fsp3) is 0.312. The van der Waals surface area contributed by atoms with Crippen molar-refractivity contribution in [3.05, 3.63) is 36.4 Å². The van der Waals surface area contributed by atoms with E-state index < -0.39 is 37.0 Å². The standard InChI is InChI=1S/C16H16FN5O4/c17-8-3-1-7(2-4-8)14-21-10-13(18)19-6-20-15(10)22(14)16-12(25)11(24)9(5-23)26-16/h1-4,6,9,11-12,16,23-25H,5H2,(H2,18,19,20). The van der Waals surface area contributed by atoms with E-state index in [2.05, 4.69) is 15.0 Å². The van der Waals surface area contributed by atoms with Gasteiger partial charge in [-0.05, 0) is 24.3 Å². The number of benzene rings is 1. The smallest absolute Gasteiger partial charge is 0.168 e. The third-order valence-corrected chi connectivity index (χ3v) is 4.38.